The van der Waals surface area contributed by atoms with Crippen LogP contribution in [-0.4, -0.2) is 6.04 Å². The van der Waals surface area contributed by atoms with Crippen molar-refractivity contribution < 1.29 is 0 Å². The third-order valence-corrected chi connectivity index (χ3v) is 4.71. The van der Waals surface area contributed by atoms with E-state index in [0.717, 1.165) is 5.92 Å². The monoisotopic (exact) mass is 295 g/mol. The Morgan fingerprint density at radius 1 is 1.29 bits per heavy atom. The molecule has 1 N–H and O–H groups in total. The van der Waals surface area contributed by atoms with Crippen LogP contribution in [0.15, 0.2) is 22.7 Å². The van der Waals surface area contributed by atoms with Gasteiger partial charge in [-0.05, 0) is 48.8 Å². The molecule has 2 rings (SSSR count). The van der Waals surface area contributed by atoms with Crippen LogP contribution in [0.2, 0.25) is 0 Å². The zero-order valence-corrected chi connectivity index (χ0v) is 12.8. The topological polar surface area (TPSA) is 12.0 Å². The van der Waals surface area contributed by atoms with Crippen molar-refractivity contribution in [1.82, 2.24) is 0 Å². The molecule has 1 aliphatic rings. The first-order valence-electron chi connectivity index (χ1n) is 6.40. The van der Waals surface area contributed by atoms with Crippen LogP contribution in [0.5, 0.6) is 0 Å². The van der Waals surface area contributed by atoms with Gasteiger partial charge in [-0.2, -0.15) is 0 Å². The fourth-order valence-electron chi connectivity index (χ4n) is 2.98. The van der Waals surface area contributed by atoms with E-state index in [1.54, 1.807) is 0 Å². The number of anilines is 1. The maximum absolute atomic E-state index is 3.68. The van der Waals surface area contributed by atoms with Gasteiger partial charge >= 0.3 is 0 Å². The van der Waals surface area contributed by atoms with Gasteiger partial charge in [0, 0.05) is 16.2 Å². The van der Waals surface area contributed by atoms with E-state index in [2.05, 4.69) is 67.1 Å². The van der Waals surface area contributed by atoms with Crippen molar-refractivity contribution in [3.05, 3.63) is 28.2 Å². The van der Waals surface area contributed by atoms with Crippen LogP contribution in [0.25, 0.3) is 0 Å². The third kappa shape index (κ3) is 3.04. The lowest BCUT2D eigenvalue weighted by molar-refractivity contribution is 0.366. The normalized spacial score (nSPS) is 27.1. The molecule has 1 fully saturated rings. The van der Waals surface area contributed by atoms with Gasteiger partial charge in [-0.25, -0.2) is 0 Å². The quantitative estimate of drug-likeness (QED) is 0.810. The van der Waals surface area contributed by atoms with Crippen LogP contribution < -0.4 is 5.32 Å². The van der Waals surface area contributed by atoms with Gasteiger partial charge < -0.3 is 5.32 Å². The lowest BCUT2D eigenvalue weighted by Crippen LogP contribution is -2.22. The average molecular weight is 296 g/mol. The summed E-state index contributed by atoms with van der Waals surface area (Å²) < 4.78 is 1.19. The molecule has 0 amide bonds. The van der Waals surface area contributed by atoms with Gasteiger partial charge in [-0.1, -0.05) is 42.8 Å². The van der Waals surface area contributed by atoms with Crippen LogP contribution in [0.4, 0.5) is 5.69 Å². The Kier molecular flexibility index (Phi) is 3.53. The number of rotatable bonds is 2. The van der Waals surface area contributed by atoms with E-state index in [1.807, 2.05) is 0 Å². The van der Waals surface area contributed by atoms with Crippen molar-refractivity contribution in [3.8, 4) is 0 Å². The molecule has 1 aliphatic carbocycles. The molecular weight excluding hydrogens is 274 g/mol. The number of hydrogen-bond donors (Lipinski definition) is 1. The molecule has 1 saturated carbocycles. The van der Waals surface area contributed by atoms with E-state index in [1.165, 1.54) is 28.6 Å². The highest BCUT2D eigenvalue weighted by Crippen LogP contribution is 2.42. The summed E-state index contributed by atoms with van der Waals surface area (Å²) in [5.41, 5.74) is 3.01. The first-order chi connectivity index (χ1) is 7.87. The fourth-order valence-corrected chi connectivity index (χ4v) is 3.36. The summed E-state index contributed by atoms with van der Waals surface area (Å²) in [6.45, 7) is 9.22. The van der Waals surface area contributed by atoms with Crippen molar-refractivity contribution in [1.29, 1.82) is 0 Å². The van der Waals surface area contributed by atoms with E-state index >= 15 is 0 Å². The van der Waals surface area contributed by atoms with Crippen LogP contribution in [0.3, 0.4) is 0 Å². The number of nitrogens with one attached hydrogen (secondary N) is 1. The van der Waals surface area contributed by atoms with E-state index in [4.69, 9.17) is 0 Å². The zero-order chi connectivity index (χ0) is 12.6. The summed E-state index contributed by atoms with van der Waals surface area (Å²) in [5.74, 6) is 0.755. The lowest BCUT2D eigenvalue weighted by Gasteiger charge is -2.20. The molecule has 2 atom stereocenters. The largest absolute Gasteiger partial charge is 0.382 e. The van der Waals surface area contributed by atoms with E-state index in [9.17, 15) is 0 Å². The Balaban J connectivity index is 2.08. The molecule has 0 bridgehead atoms. The second-order valence-electron chi connectivity index (χ2n) is 6.26. The molecule has 0 heterocycles. The smallest absolute Gasteiger partial charge is 0.0353 e. The third-order valence-electron chi connectivity index (χ3n) is 3.86. The zero-order valence-electron chi connectivity index (χ0n) is 11.2. The molecule has 2 heteroatoms. The second-order valence-corrected chi connectivity index (χ2v) is 7.12. The number of halogens is 1. The Bertz CT molecular complexity index is 411. The van der Waals surface area contributed by atoms with Crippen molar-refractivity contribution >= 4 is 21.6 Å². The predicted octanol–water partition coefficient (Wildman–Crippen LogP) is 4.99. The molecule has 0 saturated heterocycles. The maximum atomic E-state index is 3.68. The van der Waals surface area contributed by atoms with Crippen LogP contribution in [-0.2, 0) is 0 Å². The standard InChI is InChI=1S/C15H22BrN/c1-10-5-6-12(7-13(10)16)17-14-9-15(3,4)8-11(14)2/h5-7,11,14,17H,8-9H2,1-4H3. The summed E-state index contributed by atoms with van der Waals surface area (Å²) in [6, 6.07) is 7.14. The fraction of sp³-hybridized carbons (Fsp3) is 0.600. The summed E-state index contributed by atoms with van der Waals surface area (Å²) in [6.07, 6.45) is 2.58. The van der Waals surface area contributed by atoms with E-state index in [-0.39, 0.29) is 0 Å². The molecule has 2 unspecified atom stereocenters. The molecule has 0 aromatic heterocycles. The molecule has 1 nitrogen and oxygen atoms in total. The van der Waals surface area contributed by atoms with Crippen molar-refractivity contribution in [2.24, 2.45) is 11.3 Å². The molecule has 0 spiro atoms. The van der Waals surface area contributed by atoms with Crippen molar-refractivity contribution in [2.45, 2.75) is 46.6 Å². The summed E-state index contributed by atoms with van der Waals surface area (Å²) in [7, 11) is 0. The number of aryl methyl sites for hydroxylation is 1. The molecule has 17 heavy (non-hydrogen) atoms. The SMILES string of the molecule is Cc1ccc(NC2CC(C)(C)CC2C)cc1Br. The van der Waals surface area contributed by atoms with E-state index in [0.29, 0.717) is 11.5 Å². The van der Waals surface area contributed by atoms with Gasteiger partial charge in [-0.3, -0.25) is 0 Å². The molecule has 1 aromatic rings. The minimum Gasteiger partial charge on any atom is -0.382 e. The molecule has 94 valence electrons. The first-order valence-corrected chi connectivity index (χ1v) is 7.19. The average Bonchev–Trinajstić information content (AvgIpc) is 2.46. The summed E-state index contributed by atoms with van der Waals surface area (Å²) in [4.78, 5) is 0. The van der Waals surface area contributed by atoms with Gasteiger partial charge in [0.15, 0.2) is 0 Å². The van der Waals surface area contributed by atoms with Crippen LogP contribution >= 0.6 is 15.9 Å². The van der Waals surface area contributed by atoms with Crippen LogP contribution in [0, 0.1) is 18.3 Å². The molecule has 0 aliphatic heterocycles. The first kappa shape index (κ1) is 12.9. The van der Waals surface area contributed by atoms with Gasteiger partial charge in [0.2, 0.25) is 0 Å². The second kappa shape index (κ2) is 4.64. The Hall–Kier alpha value is -0.500. The minimum atomic E-state index is 0.485. The number of benzene rings is 1. The van der Waals surface area contributed by atoms with Crippen molar-refractivity contribution in [2.75, 3.05) is 5.32 Å². The summed E-state index contributed by atoms with van der Waals surface area (Å²) in [5, 5.41) is 3.68. The number of hydrogen-bond acceptors (Lipinski definition) is 1. The Morgan fingerprint density at radius 2 is 2.00 bits per heavy atom. The molecule has 1 aromatic carbocycles. The molecule has 0 radical (unpaired) electrons. The van der Waals surface area contributed by atoms with Gasteiger partial charge in [0.1, 0.15) is 0 Å². The highest BCUT2D eigenvalue weighted by atomic mass is 79.9. The van der Waals surface area contributed by atoms with Gasteiger partial charge in [0.05, 0.1) is 0 Å². The van der Waals surface area contributed by atoms with Gasteiger partial charge in [0.25, 0.3) is 0 Å². The van der Waals surface area contributed by atoms with Gasteiger partial charge in [-0.15, -0.1) is 0 Å². The Morgan fingerprint density at radius 3 is 2.53 bits per heavy atom. The minimum absolute atomic E-state index is 0.485. The van der Waals surface area contributed by atoms with Crippen molar-refractivity contribution in [3.63, 3.8) is 0 Å². The van der Waals surface area contributed by atoms with E-state index < -0.39 is 0 Å². The molecular formula is C15H22BrN. The Labute approximate surface area is 113 Å². The maximum Gasteiger partial charge on any atom is 0.0353 e. The van der Waals surface area contributed by atoms with Crippen LogP contribution in [0.1, 0.15) is 39.2 Å². The summed E-state index contributed by atoms with van der Waals surface area (Å²) >= 11 is 3.59. The predicted molar refractivity (Wildman–Crippen MR) is 78.5 cm³/mol. The highest BCUT2D eigenvalue weighted by Gasteiger charge is 2.36. The lowest BCUT2D eigenvalue weighted by atomic mass is 9.91. The highest BCUT2D eigenvalue weighted by molar-refractivity contribution is 9.10.